The molecule has 1 atom stereocenters. The highest BCUT2D eigenvalue weighted by Gasteiger charge is 2.19. The van der Waals surface area contributed by atoms with Crippen molar-refractivity contribution in [2.24, 2.45) is 11.7 Å². The van der Waals surface area contributed by atoms with Crippen LogP contribution in [0.15, 0.2) is 0 Å². The standard InChI is InChI=1S/C6H15N3O2S/c1-4(2)5(6(7)8)9-12(3,10)11/h4-5,9H,1-3H3,(H3,7,8). The largest absolute Gasteiger partial charge is 0.386 e. The molecule has 0 aromatic carbocycles. The van der Waals surface area contributed by atoms with Crippen LogP contribution in [0.1, 0.15) is 13.8 Å². The molecule has 5 nitrogen and oxygen atoms in total. The summed E-state index contributed by atoms with van der Waals surface area (Å²) in [6.45, 7) is 3.59. The molecule has 0 spiro atoms. The summed E-state index contributed by atoms with van der Waals surface area (Å²) in [4.78, 5) is 0. The molecule has 0 heterocycles. The molecule has 0 aromatic heterocycles. The van der Waals surface area contributed by atoms with Gasteiger partial charge in [0.25, 0.3) is 0 Å². The van der Waals surface area contributed by atoms with Crippen LogP contribution in [0.2, 0.25) is 0 Å². The SMILES string of the molecule is CC(C)C(NS(C)(=O)=O)C(=N)N. The Balaban J connectivity index is 4.46. The van der Waals surface area contributed by atoms with Crippen LogP contribution in [0.25, 0.3) is 0 Å². The van der Waals surface area contributed by atoms with Crippen LogP contribution in [0.4, 0.5) is 0 Å². The molecule has 0 amide bonds. The maximum Gasteiger partial charge on any atom is 0.209 e. The molecular formula is C6H15N3O2S. The fourth-order valence-electron chi connectivity index (χ4n) is 0.789. The zero-order chi connectivity index (χ0) is 9.94. The summed E-state index contributed by atoms with van der Waals surface area (Å²) < 4.78 is 23.9. The molecule has 0 rings (SSSR count). The second-order valence-electron chi connectivity index (χ2n) is 3.07. The number of nitrogens with two attached hydrogens (primary N) is 1. The average Bonchev–Trinajstić information content (AvgIpc) is 1.79. The van der Waals surface area contributed by atoms with E-state index in [-0.39, 0.29) is 11.8 Å². The highest BCUT2D eigenvalue weighted by Crippen LogP contribution is 2.01. The molecule has 0 radical (unpaired) electrons. The molecule has 0 saturated carbocycles. The summed E-state index contributed by atoms with van der Waals surface area (Å²) in [5, 5.41) is 7.11. The molecular weight excluding hydrogens is 178 g/mol. The van der Waals surface area contributed by atoms with Gasteiger partial charge in [-0.15, -0.1) is 0 Å². The van der Waals surface area contributed by atoms with E-state index in [1.54, 1.807) is 13.8 Å². The Hall–Kier alpha value is -0.620. The van der Waals surface area contributed by atoms with Crippen LogP contribution in [-0.4, -0.2) is 26.6 Å². The second-order valence-corrected chi connectivity index (χ2v) is 4.85. The Morgan fingerprint density at radius 1 is 1.50 bits per heavy atom. The van der Waals surface area contributed by atoms with Crippen molar-refractivity contribution < 1.29 is 8.42 Å². The molecule has 0 aromatic rings. The van der Waals surface area contributed by atoms with Crippen LogP contribution < -0.4 is 10.5 Å². The van der Waals surface area contributed by atoms with Crippen molar-refractivity contribution in [1.29, 1.82) is 5.41 Å². The van der Waals surface area contributed by atoms with Gasteiger partial charge in [0.1, 0.15) is 5.84 Å². The second kappa shape index (κ2) is 3.86. The predicted octanol–water partition coefficient (Wildman–Crippen LogP) is -0.504. The van der Waals surface area contributed by atoms with Crippen LogP contribution in [0.3, 0.4) is 0 Å². The first-order valence-electron chi connectivity index (χ1n) is 3.55. The van der Waals surface area contributed by atoms with Crippen LogP contribution >= 0.6 is 0 Å². The average molecular weight is 193 g/mol. The maximum atomic E-state index is 10.8. The first kappa shape index (κ1) is 11.4. The number of amidine groups is 1. The van der Waals surface area contributed by atoms with Crippen molar-refractivity contribution >= 4 is 15.9 Å². The number of hydrogen-bond acceptors (Lipinski definition) is 3. The highest BCUT2D eigenvalue weighted by atomic mass is 32.2. The monoisotopic (exact) mass is 193 g/mol. The van der Waals surface area contributed by atoms with E-state index in [0.717, 1.165) is 6.26 Å². The summed E-state index contributed by atoms with van der Waals surface area (Å²) in [6.07, 6.45) is 1.05. The molecule has 0 aliphatic carbocycles. The van der Waals surface area contributed by atoms with Crippen molar-refractivity contribution in [3.05, 3.63) is 0 Å². The maximum absolute atomic E-state index is 10.8. The summed E-state index contributed by atoms with van der Waals surface area (Å²) >= 11 is 0. The van der Waals surface area contributed by atoms with Crippen molar-refractivity contribution in [3.63, 3.8) is 0 Å². The Kier molecular flexibility index (Phi) is 3.66. The van der Waals surface area contributed by atoms with Gasteiger partial charge in [-0.1, -0.05) is 13.8 Å². The van der Waals surface area contributed by atoms with Gasteiger partial charge in [-0.3, -0.25) is 5.41 Å². The van der Waals surface area contributed by atoms with Gasteiger partial charge in [0, 0.05) is 0 Å². The van der Waals surface area contributed by atoms with Gasteiger partial charge in [-0.05, 0) is 5.92 Å². The lowest BCUT2D eigenvalue weighted by Gasteiger charge is -2.19. The van der Waals surface area contributed by atoms with Crippen molar-refractivity contribution in [3.8, 4) is 0 Å². The van der Waals surface area contributed by atoms with Gasteiger partial charge >= 0.3 is 0 Å². The van der Waals surface area contributed by atoms with E-state index in [2.05, 4.69) is 4.72 Å². The third-order valence-electron chi connectivity index (χ3n) is 1.34. The van der Waals surface area contributed by atoms with E-state index in [4.69, 9.17) is 11.1 Å². The number of rotatable bonds is 4. The lowest BCUT2D eigenvalue weighted by molar-refractivity contribution is 0.525. The Morgan fingerprint density at radius 3 is 2.00 bits per heavy atom. The Morgan fingerprint density at radius 2 is 1.92 bits per heavy atom. The molecule has 6 heteroatoms. The summed E-state index contributed by atoms with van der Waals surface area (Å²) in [7, 11) is -3.28. The van der Waals surface area contributed by atoms with E-state index in [9.17, 15) is 8.42 Å². The van der Waals surface area contributed by atoms with Crippen molar-refractivity contribution in [1.82, 2.24) is 4.72 Å². The minimum atomic E-state index is -3.28. The number of hydrogen-bond donors (Lipinski definition) is 3. The van der Waals surface area contributed by atoms with Gasteiger partial charge in [0.15, 0.2) is 0 Å². The molecule has 0 aliphatic heterocycles. The Labute approximate surface area is 72.9 Å². The molecule has 0 saturated heterocycles. The molecule has 4 N–H and O–H groups in total. The molecule has 1 unspecified atom stereocenters. The van der Waals surface area contributed by atoms with E-state index in [1.165, 1.54) is 0 Å². The molecule has 0 bridgehead atoms. The van der Waals surface area contributed by atoms with Crippen molar-refractivity contribution in [2.45, 2.75) is 19.9 Å². The van der Waals surface area contributed by atoms with Gasteiger partial charge in [0.2, 0.25) is 10.0 Å². The van der Waals surface area contributed by atoms with Gasteiger partial charge in [-0.2, -0.15) is 0 Å². The van der Waals surface area contributed by atoms with E-state index >= 15 is 0 Å². The minimum Gasteiger partial charge on any atom is -0.386 e. The predicted molar refractivity (Wildman–Crippen MR) is 48.5 cm³/mol. The van der Waals surface area contributed by atoms with E-state index in [1.807, 2.05) is 0 Å². The fourth-order valence-corrected chi connectivity index (χ4v) is 1.65. The highest BCUT2D eigenvalue weighted by molar-refractivity contribution is 7.88. The lowest BCUT2D eigenvalue weighted by Crippen LogP contribution is -2.46. The smallest absolute Gasteiger partial charge is 0.209 e. The zero-order valence-corrected chi connectivity index (χ0v) is 8.27. The molecule has 0 aliphatic rings. The van der Waals surface area contributed by atoms with Crippen LogP contribution in [0, 0.1) is 11.3 Å². The third-order valence-corrected chi connectivity index (χ3v) is 2.02. The van der Waals surface area contributed by atoms with E-state index in [0.29, 0.717) is 0 Å². The number of nitrogens with one attached hydrogen (secondary N) is 2. The molecule has 12 heavy (non-hydrogen) atoms. The van der Waals surface area contributed by atoms with Gasteiger partial charge in [0.05, 0.1) is 12.3 Å². The Bertz CT molecular complexity index is 258. The van der Waals surface area contributed by atoms with Gasteiger partial charge in [-0.25, -0.2) is 13.1 Å². The molecule has 0 fully saturated rings. The fraction of sp³-hybridized carbons (Fsp3) is 0.833. The topological polar surface area (TPSA) is 96.0 Å². The first-order valence-corrected chi connectivity index (χ1v) is 5.44. The first-order chi connectivity index (χ1) is 5.24. The van der Waals surface area contributed by atoms with Crippen molar-refractivity contribution in [2.75, 3.05) is 6.26 Å². The summed E-state index contributed by atoms with van der Waals surface area (Å²) in [5.74, 6) is -0.173. The summed E-state index contributed by atoms with van der Waals surface area (Å²) in [6, 6.07) is -0.597. The van der Waals surface area contributed by atoms with Crippen LogP contribution in [0.5, 0.6) is 0 Å². The quantitative estimate of drug-likeness (QED) is 0.414. The van der Waals surface area contributed by atoms with Gasteiger partial charge < -0.3 is 5.73 Å². The lowest BCUT2D eigenvalue weighted by atomic mass is 10.1. The summed E-state index contributed by atoms with van der Waals surface area (Å²) in [5.41, 5.74) is 5.20. The molecule has 72 valence electrons. The third kappa shape index (κ3) is 4.30. The van der Waals surface area contributed by atoms with E-state index < -0.39 is 16.1 Å². The van der Waals surface area contributed by atoms with Crippen LogP contribution in [-0.2, 0) is 10.0 Å². The minimum absolute atomic E-state index is 0.0165. The normalized spacial score (nSPS) is 14.7. The number of sulfonamides is 1. The zero-order valence-electron chi connectivity index (χ0n) is 7.46.